The molecule has 300 valence electrons. The number of rotatable bonds is 15. The highest BCUT2D eigenvalue weighted by molar-refractivity contribution is 5.83. The summed E-state index contributed by atoms with van der Waals surface area (Å²) in [6.07, 6.45) is 7.04. The average Bonchev–Trinajstić information content (AvgIpc) is 3.46. The number of ether oxygens (including phenoxy) is 2. The molecule has 0 aromatic rings. The lowest BCUT2D eigenvalue weighted by Gasteiger charge is -2.62. The van der Waals surface area contributed by atoms with Gasteiger partial charge in [0.25, 0.3) is 0 Å². The standard InChI is InChI=1S/C41H74N4O7/c1-23(2)16-29(21-44(7)8)42-39(48)31-17-26(14-15-34(31)50-9)30-13-11-12-27(38(30)51-10)20-45-37(36(25(4)47)35(22-46)52-45)40(49)43-33-19-28-18-32(24(33)3)41(28,5)6/h23-38,46-47H,11-22H2,1-10H3,(H,42,48)(H,43,49)/t24-,25-,26?,27?,28+,29-,30?,31?,32-,33-,34?,35-,36-,37-,38?/m0/s1. The van der Waals surface area contributed by atoms with Crippen molar-refractivity contribution in [1.82, 2.24) is 20.6 Å². The molecule has 0 aromatic carbocycles. The lowest BCUT2D eigenvalue weighted by Crippen LogP contribution is -2.62. The largest absolute Gasteiger partial charge is 0.394 e. The molecule has 6 fully saturated rings. The molecule has 5 saturated carbocycles. The molecule has 1 aliphatic heterocycles. The van der Waals surface area contributed by atoms with Gasteiger partial charge in [0, 0.05) is 51.2 Å². The molecular formula is C41H74N4O7. The number of amides is 2. The fourth-order valence-electron chi connectivity index (χ4n) is 11.7. The van der Waals surface area contributed by atoms with Gasteiger partial charge in [0.15, 0.2) is 0 Å². The van der Waals surface area contributed by atoms with Crippen molar-refractivity contribution in [1.29, 1.82) is 0 Å². The van der Waals surface area contributed by atoms with Crippen LogP contribution in [-0.4, -0.2) is 123 Å². The zero-order valence-electron chi connectivity index (χ0n) is 34.1. The maximum atomic E-state index is 14.3. The second-order valence-electron chi connectivity index (χ2n) is 18.9. The van der Waals surface area contributed by atoms with Gasteiger partial charge in [0.1, 0.15) is 12.1 Å². The first-order valence-electron chi connectivity index (χ1n) is 20.6. The van der Waals surface area contributed by atoms with E-state index in [9.17, 15) is 19.8 Å². The average molecular weight is 735 g/mol. The Morgan fingerprint density at radius 2 is 1.75 bits per heavy atom. The van der Waals surface area contributed by atoms with Gasteiger partial charge in [0.2, 0.25) is 11.8 Å². The molecule has 11 heteroatoms. The molecule has 0 aromatic heterocycles. The van der Waals surface area contributed by atoms with Gasteiger partial charge in [-0.25, -0.2) is 0 Å². The highest BCUT2D eigenvalue weighted by Crippen LogP contribution is 2.61. The first-order chi connectivity index (χ1) is 24.6. The Kier molecular flexibility index (Phi) is 14.2. The predicted molar refractivity (Wildman–Crippen MR) is 202 cm³/mol. The Morgan fingerprint density at radius 1 is 1.02 bits per heavy atom. The predicted octanol–water partition coefficient (Wildman–Crippen LogP) is 4.10. The van der Waals surface area contributed by atoms with E-state index in [1.54, 1.807) is 26.2 Å². The van der Waals surface area contributed by atoms with Crippen LogP contribution in [0.25, 0.3) is 0 Å². The number of fused-ring (bicyclic) bond motifs is 2. The number of hydroxylamine groups is 2. The van der Waals surface area contributed by atoms with Gasteiger partial charge in [-0.2, -0.15) is 5.06 Å². The SMILES string of the molecule is COC1CCC(C2CCCC(CN3O[C@@H](CO)[C@H]([C@H](C)O)[C@H]3C(=O)N[C@H]3C[C@H]4C[C@@H]([C@@H]3C)C4(C)C)C2OC)CC1C(=O)N[C@@H](CC(C)C)CN(C)C. The first kappa shape index (κ1) is 41.8. The van der Waals surface area contributed by atoms with Gasteiger partial charge in [0.05, 0.1) is 30.8 Å². The van der Waals surface area contributed by atoms with Crippen LogP contribution in [0.2, 0.25) is 0 Å². The van der Waals surface area contributed by atoms with Crippen molar-refractivity contribution in [3.8, 4) is 0 Å². The summed E-state index contributed by atoms with van der Waals surface area (Å²) in [4.78, 5) is 36.7. The topological polar surface area (TPSA) is 133 Å². The van der Waals surface area contributed by atoms with Crippen molar-refractivity contribution in [3.05, 3.63) is 0 Å². The van der Waals surface area contributed by atoms with Crippen LogP contribution in [0.4, 0.5) is 0 Å². The molecule has 5 aliphatic carbocycles. The van der Waals surface area contributed by atoms with Crippen LogP contribution in [-0.2, 0) is 23.9 Å². The van der Waals surface area contributed by atoms with Crippen LogP contribution in [0.15, 0.2) is 0 Å². The number of carbonyl (C=O) groups is 2. The molecule has 11 nitrogen and oxygen atoms in total. The minimum atomic E-state index is -0.830. The smallest absolute Gasteiger partial charge is 0.240 e. The molecule has 0 radical (unpaired) electrons. The number of methoxy groups -OCH3 is 2. The summed E-state index contributed by atoms with van der Waals surface area (Å²) in [5.74, 6) is 1.94. The number of aliphatic hydroxyl groups excluding tert-OH is 2. The summed E-state index contributed by atoms with van der Waals surface area (Å²) >= 11 is 0. The van der Waals surface area contributed by atoms with E-state index in [2.05, 4.69) is 64.2 Å². The molecule has 15 atom stereocenters. The zero-order valence-corrected chi connectivity index (χ0v) is 34.1. The number of hydrogen-bond donors (Lipinski definition) is 4. The summed E-state index contributed by atoms with van der Waals surface area (Å²) in [7, 11) is 7.62. The molecule has 2 bridgehead atoms. The van der Waals surface area contributed by atoms with Crippen LogP contribution in [0.1, 0.15) is 99.3 Å². The molecule has 0 spiro atoms. The number of hydrogen-bond acceptors (Lipinski definition) is 9. The Labute approximate surface area is 314 Å². The van der Waals surface area contributed by atoms with E-state index in [1.165, 1.54) is 6.42 Å². The van der Waals surface area contributed by atoms with Crippen molar-refractivity contribution in [2.45, 2.75) is 142 Å². The van der Waals surface area contributed by atoms with Gasteiger partial charge in [-0.05, 0) is 113 Å². The molecule has 6 aliphatic rings. The third-order valence-corrected chi connectivity index (χ3v) is 14.5. The van der Waals surface area contributed by atoms with E-state index in [-0.39, 0.29) is 60.5 Å². The Balaban J connectivity index is 1.29. The summed E-state index contributed by atoms with van der Waals surface area (Å²) in [5.41, 5.74) is 0.314. The molecule has 2 amide bonds. The van der Waals surface area contributed by atoms with E-state index in [4.69, 9.17) is 14.3 Å². The minimum absolute atomic E-state index is 0.0674. The summed E-state index contributed by atoms with van der Waals surface area (Å²) in [6, 6.07) is -0.529. The van der Waals surface area contributed by atoms with E-state index in [0.717, 1.165) is 57.9 Å². The highest BCUT2D eigenvalue weighted by atomic mass is 16.7. The maximum absolute atomic E-state index is 14.3. The number of carbonyl (C=O) groups excluding carboxylic acids is 2. The number of aliphatic hydroxyl groups is 2. The molecule has 1 saturated heterocycles. The zero-order chi connectivity index (χ0) is 38.1. The van der Waals surface area contributed by atoms with Crippen LogP contribution in [0.3, 0.4) is 0 Å². The van der Waals surface area contributed by atoms with E-state index < -0.39 is 24.2 Å². The Hall–Kier alpha value is -1.34. The van der Waals surface area contributed by atoms with E-state index in [1.807, 2.05) is 0 Å². The maximum Gasteiger partial charge on any atom is 0.240 e. The van der Waals surface area contributed by atoms with Crippen molar-refractivity contribution < 1.29 is 34.1 Å². The normalized spacial score (nSPS) is 40.3. The van der Waals surface area contributed by atoms with Crippen molar-refractivity contribution in [3.63, 3.8) is 0 Å². The van der Waals surface area contributed by atoms with Crippen LogP contribution < -0.4 is 10.6 Å². The monoisotopic (exact) mass is 735 g/mol. The quantitative estimate of drug-likeness (QED) is 0.196. The lowest BCUT2D eigenvalue weighted by atomic mass is 9.45. The molecule has 6 rings (SSSR count). The fourth-order valence-corrected chi connectivity index (χ4v) is 11.7. The van der Waals surface area contributed by atoms with E-state index >= 15 is 0 Å². The summed E-state index contributed by atoms with van der Waals surface area (Å²) in [5, 5.41) is 29.9. The van der Waals surface area contributed by atoms with Gasteiger partial charge in [-0.15, -0.1) is 0 Å². The molecule has 52 heavy (non-hydrogen) atoms. The lowest BCUT2D eigenvalue weighted by molar-refractivity contribution is -0.193. The Morgan fingerprint density at radius 3 is 2.33 bits per heavy atom. The van der Waals surface area contributed by atoms with Crippen LogP contribution in [0.5, 0.6) is 0 Å². The molecular weight excluding hydrogens is 660 g/mol. The first-order valence-corrected chi connectivity index (χ1v) is 20.6. The second-order valence-corrected chi connectivity index (χ2v) is 18.9. The van der Waals surface area contributed by atoms with Crippen LogP contribution >= 0.6 is 0 Å². The van der Waals surface area contributed by atoms with Crippen molar-refractivity contribution in [2.24, 2.45) is 58.7 Å². The second kappa shape index (κ2) is 17.6. The molecule has 4 N–H and O–H groups in total. The van der Waals surface area contributed by atoms with Gasteiger partial charge in [-0.1, -0.05) is 41.0 Å². The summed E-state index contributed by atoms with van der Waals surface area (Å²) < 4.78 is 12.3. The minimum Gasteiger partial charge on any atom is -0.394 e. The van der Waals surface area contributed by atoms with E-state index in [0.29, 0.717) is 41.5 Å². The van der Waals surface area contributed by atoms with Crippen LogP contribution in [0, 0.1) is 58.7 Å². The third kappa shape index (κ3) is 8.87. The van der Waals surface area contributed by atoms with Crippen molar-refractivity contribution in [2.75, 3.05) is 48.0 Å². The van der Waals surface area contributed by atoms with Gasteiger partial charge in [-0.3, -0.25) is 14.4 Å². The molecule has 6 unspecified atom stereocenters. The van der Waals surface area contributed by atoms with Gasteiger partial charge >= 0.3 is 0 Å². The van der Waals surface area contributed by atoms with Crippen molar-refractivity contribution >= 4 is 11.8 Å². The summed E-state index contributed by atoms with van der Waals surface area (Å²) in [6.45, 7) is 14.1. The molecule has 1 heterocycles. The highest BCUT2D eigenvalue weighted by Gasteiger charge is 2.58. The third-order valence-electron chi connectivity index (χ3n) is 14.5. The Bertz CT molecular complexity index is 1170. The number of nitrogens with zero attached hydrogens (tertiary/aromatic N) is 2. The van der Waals surface area contributed by atoms with Gasteiger partial charge < -0.3 is 35.2 Å². The fraction of sp³-hybridized carbons (Fsp3) is 0.951. The number of nitrogens with one attached hydrogen (secondary N) is 2. The number of likely N-dealkylation sites (N-methyl/N-ethyl adjacent to an activating group) is 1.